The normalized spacial score (nSPS) is 21.6. The summed E-state index contributed by atoms with van der Waals surface area (Å²) in [5.41, 5.74) is 2.27. The van der Waals surface area contributed by atoms with E-state index >= 15 is 0 Å². The van der Waals surface area contributed by atoms with E-state index in [9.17, 15) is 10.1 Å². The number of ether oxygens (including phenoxy) is 1. The molecular weight excluding hydrogens is 284 g/mol. The van der Waals surface area contributed by atoms with Gasteiger partial charge in [-0.25, -0.2) is 0 Å². The first-order chi connectivity index (χ1) is 10.3. The van der Waals surface area contributed by atoms with Gasteiger partial charge in [0.05, 0.1) is 11.1 Å². The third-order valence-corrected chi connectivity index (χ3v) is 5.47. The van der Waals surface area contributed by atoms with Crippen LogP contribution in [0, 0.1) is 11.3 Å². The van der Waals surface area contributed by atoms with E-state index in [1.165, 1.54) is 12.0 Å². The Bertz CT molecular complexity index is 612. The van der Waals surface area contributed by atoms with E-state index < -0.39 is 0 Å². The van der Waals surface area contributed by atoms with Crippen molar-refractivity contribution in [1.82, 2.24) is 4.98 Å². The van der Waals surface area contributed by atoms with Gasteiger partial charge >= 0.3 is 0 Å². The van der Waals surface area contributed by atoms with Gasteiger partial charge in [0.2, 0.25) is 0 Å². The molecule has 4 nitrogen and oxygen atoms in total. The Morgan fingerprint density at radius 3 is 2.76 bits per heavy atom. The summed E-state index contributed by atoms with van der Waals surface area (Å²) >= 11 is 1.68. The standard InChI is InChI=1S/C16H20N2O2S/c17-9-14-12-6-1-2-7-13(12)16(18-15(14)19)21-10-11-5-3-4-8-20-11/h11H,1-8,10H2,(H,18,19). The number of aromatic amines is 1. The lowest BCUT2D eigenvalue weighted by Gasteiger charge is -2.24. The fraction of sp³-hybridized carbons (Fsp3) is 0.625. The van der Waals surface area contributed by atoms with Crippen LogP contribution in [-0.2, 0) is 17.6 Å². The van der Waals surface area contributed by atoms with Crippen molar-refractivity contribution in [3.05, 3.63) is 27.0 Å². The molecule has 1 N–H and O–H groups in total. The van der Waals surface area contributed by atoms with Gasteiger partial charge in [0, 0.05) is 12.4 Å². The molecule has 0 spiro atoms. The minimum atomic E-state index is -0.231. The fourth-order valence-electron chi connectivity index (χ4n) is 3.17. The Hall–Kier alpha value is -1.25. The molecular formula is C16H20N2O2S. The number of fused-ring (bicyclic) bond motifs is 1. The maximum atomic E-state index is 12.1. The van der Waals surface area contributed by atoms with Gasteiger partial charge in [-0.05, 0) is 56.1 Å². The van der Waals surface area contributed by atoms with E-state index in [-0.39, 0.29) is 5.56 Å². The monoisotopic (exact) mass is 304 g/mol. The summed E-state index contributed by atoms with van der Waals surface area (Å²) in [6, 6.07) is 2.08. The SMILES string of the molecule is N#Cc1c2c(c(SCC3CCCCO3)[nH]c1=O)CCCC2. The van der Waals surface area contributed by atoms with Gasteiger partial charge in [-0.1, -0.05) is 0 Å². The number of rotatable bonds is 3. The average molecular weight is 304 g/mol. The van der Waals surface area contributed by atoms with E-state index in [2.05, 4.69) is 11.1 Å². The van der Waals surface area contributed by atoms with Crippen LogP contribution < -0.4 is 5.56 Å². The lowest BCUT2D eigenvalue weighted by Crippen LogP contribution is -2.23. The molecule has 1 aromatic heterocycles. The highest BCUT2D eigenvalue weighted by Crippen LogP contribution is 2.31. The molecule has 0 amide bonds. The second kappa shape index (κ2) is 6.67. The van der Waals surface area contributed by atoms with Crippen LogP contribution in [0.1, 0.15) is 48.8 Å². The first kappa shape index (κ1) is 14.7. The topological polar surface area (TPSA) is 65.9 Å². The highest BCUT2D eigenvalue weighted by atomic mass is 32.2. The van der Waals surface area contributed by atoms with Crippen molar-refractivity contribution in [2.24, 2.45) is 0 Å². The van der Waals surface area contributed by atoms with Crippen LogP contribution in [0.3, 0.4) is 0 Å². The number of nitrogens with zero attached hydrogens (tertiary/aromatic N) is 1. The van der Waals surface area contributed by atoms with Crippen molar-refractivity contribution in [2.75, 3.05) is 12.4 Å². The molecule has 112 valence electrons. The molecule has 1 fully saturated rings. The largest absolute Gasteiger partial charge is 0.377 e. The molecule has 1 aromatic rings. The number of aromatic nitrogens is 1. The molecule has 3 rings (SSSR count). The van der Waals surface area contributed by atoms with E-state index in [0.717, 1.165) is 61.5 Å². The van der Waals surface area contributed by atoms with Crippen LogP contribution >= 0.6 is 11.8 Å². The van der Waals surface area contributed by atoms with Crippen molar-refractivity contribution in [3.63, 3.8) is 0 Å². The van der Waals surface area contributed by atoms with Crippen molar-refractivity contribution in [3.8, 4) is 6.07 Å². The second-order valence-electron chi connectivity index (χ2n) is 5.73. The lowest BCUT2D eigenvalue weighted by atomic mass is 9.90. The number of thioether (sulfide) groups is 1. The minimum absolute atomic E-state index is 0.231. The summed E-state index contributed by atoms with van der Waals surface area (Å²) in [6.45, 7) is 0.854. The zero-order valence-electron chi connectivity index (χ0n) is 12.1. The minimum Gasteiger partial charge on any atom is -0.377 e. The van der Waals surface area contributed by atoms with Crippen LogP contribution in [0.4, 0.5) is 0 Å². The quantitative estimate of drug-likeness (QED) is 0.872. The number of nitriles is 1. The van der Waals surface area contributed by atoms with Crippen LogP contribution in [0.25, 0.3) is 0 Å². The summed E-state index contributed by atoms with van der Waals surface area (Å²) in [5.74, 6) is 0.883. The van der Waals surface area contributed by atoms with Crippen LogP contribution in [-0.4, -0.2) is 23.4 Å². The van der Waals surface area contributed by atoms with Gasteiger partial charge in [-0.15, -0.1) is 11.8 Å². The fourth-order valence-corrected chi connectivity index (χ4v) is 4.35. The molecule has 0 aromatic carbocycles. The molecule has 1 atom stereocenters. The third-order valence-electron chi connectivity index (χ3n) is 4.30. The van der Waals surface area contributed by atoms with E-state index in [4.69, 9.17) is 4.74 Å². The molecule has 5 heteroatoms. The molecule has 1 unspecified atom stereocenters. The number of pyridine rings is 1. The van der Waals surface area contributed by atoms with E-state index in [0.29, 0.717) is 11.7 Å². The molecule has 1 aliphatic heterocycles. The summed E-state index contributed by atoms with van der Waals surface area (Å²) in [6.07, 6.45) is 7.82. The zero-order chi connectivity index (χ0) is 14.7. The van der Waals surface area contributed by atoms with E-state index in [1.807, 2.05) is 0 Å². The number of nitrogens with one attached hydrogen (secondary N) is 1. The predicted octanol–water partition coefficient (Wildman–Crippen LogP) is 2.79. The van der Waals surface area contributed by atoms with Crippen LogP contribution in [0.2, 0.25) is 0 Å². The predicted molar refractivity (Wildman–Crippen MR) is 82.7 cm³/mol. The third kappa shape index (κ3) is 3.17. The van der Waals surface area contributed by atoms with Crippen molar-refractivity contribution < 1.29 is 4.74 Å². The Balaban J connectivity index is 1.83. The highest BCUT2D eigenvalue weighted by Gasteiger charge is 2.22. The van der Waals surface area contributed by atoms with Crippen molar-refractivity contribution in [2.45, 2.75) is 56.1 Å². The summed E-state index contributed by atoms with van der Waals surface area (Å²) in [4.78, 5) is 15.0. The maximum Gasteiger partial charge on any atom is 0.267 e. The number of hydrogen-bond donors (Lipinski definition) is 1. The van der Waals surface area contributed by atoms with E-state index in [1.54, 1.807) is 11.8 Å². The first-order valence-electron chi connectivity index (χ1n) is 7.72. The highest BCUT2D eigenvalue weighted by molar-refractivity contribution is 7.99. The average Bonchev–Trinajstić information content (AvgIpc) is 2.54. The van der Waals surface area contributed by atoms with Gasteiger partial charge in [-0.3, -0.25) is 4.79 Å². The molecule has 1 saturated heterocycles. The van der Waals surface area contributed by atoms with Gasteiger partial charge in [-0.2, -0.15) is 5.26 Å². The molecule has 0 radical (unpaired) electrons. The Kier molecular flexibility index (Phi) is 4.67. The zero-order valence-corrected chi connectivity index (χ0v) is 12.9. The summed E-state index contributed by atoms with van der Waals surface area (Å²) in [7, 11) is 0. The summed E-state index contributed by atoms with van der Waals surface area (Å²) in [5, 5.41) is 10.2. The van der Waals surface area contributed by atoms with Crippen molar-refractivity contribution in [1.29, 1.82) is 5.26 Å². The first-order valence-corrected chi connectivity index (χ1v) is 8.70. The maximum absolute atomic E-state index is 12.1. The van der Waals surface area contributed by atoms with Crippen LogP contribution in [0.5, 0.6) is 0 Å². The number of hydrogen-bond acceptors (Lipinski definition) is 4. The smallest absolute Gasteiger partial charge is 0.267 e. The second-order valence-corrected chi connectivity index (χ2v) is 6.76. The lowest BCUT2D eigenvalue weighted by molar-refractivity contribution is 0.0315. The van der Waals surface area contributed by atoms with Crippen LogP contribution in [0.15, 0.2) is 9.82 Å². The molecule has 0 saturated carbocycles. The van der Waals surface area contributed by atoms with Gasteiger partial charge in [0.15, 0.2) is 0 Å². The van der Waals surface area contributed by atoms with Crippen molar-refractivity contribution >= 4 is 11.8 Å². The van der Waals surface area contributed by atoms with Gasteiger partial charge in [0.1, 0.15) is 11.6 Å². The molecule has 2 aliphatic rings. The Morgan fingerprint density at radius 2 is 2.05 bits per heavy atom. The van der Waals surface area contributed by atoms with Gasteiger partial charge in [0.25, 0.3) is 5.56 Å². The van der Waals surface area contributed by atoms with Gasteiger partial charge < -0.3 is 9.72 Å². The molecule has 1 aliphatic carbocycles. The molecule has 2 heterocycles. The Morgan fingerprint density at radius 1 is 1.24 bits per heavy atom. The Labute approximate surface area is 128 Å². The molecule has 21 heavy (non-hydrogen) atoms. The molecule has 0 bridgehead atoms. The number of H-pyrrole nitrogens is 1. The summed E-state index contributed by atoms with van der Waals surface area (Å²) < 4.78 is 5.75.